The lowest BCUT2D eigenvalue weighted by Crippen LogP contribution is -2.27. The standard InChI is InChI=1S/C20H44Si3/c1-17(13-21(5,6)7)19(3)15-23(11,12)16-20(4)18(2)14-22(8,9)10/h13-16H2,1-12H3. The van der Waals surface area contributed by atoms with Crippen LogP contribution in [-0.2, 0) is 0 Å². The summed E-state index contributed by atoms with van der Waals surface area (Å²) in [5, 5.41) is 0. The highest BCUT2D eigenvalue weighted by Crippen LogP contribution is 2.31. The van der Waals surface area contributed by atoms with Crippen LogP contribution in [0.4, 0.5) is 0 Å². The van der Waals surface area contributed by atoms with Gasteiger partial charge in [0, 0.05) is 16.1 Å². The van der Waals surface area contributed by atoms with Crippen LogP contribution in [-0.4, -0.2) is 24.2 Å². The fraction of sp³-hybridized carbons (Fsp3) is 0.800. The lowest BCUT2D eigenvalue weighted by Gasteiger charge is -2.27. The second-order valence-corrected chi connectivity index (χ2v) is 27.1. The Balaban J connectivity index is 5.01. The molecule has 0 spiro atoms. The third-order valence-corrected chi connectivity index (χ3v) is 10.7. The van der Waals surface area contributed by atoms with Gasteiger partial charge in [0.15, 0.2) is 0 Å². The molecular weight excluding hydrogens is 324 g/mol. The SMILES string of the molecule is CC(C[Si](C)(C)C)=C(C)C[Si](C)(C)CC(C)=C(C)C[Si](C)(C)C. The van der Waals surface area contributed by atoms with Crippen LogP contribution in [0.1, 0.15) is 27.7 Å². The minimum atomic E-state index is -1.19. The van der Waals surface area contributed by atoms with Gasteiger partial charge in [0.05, 0.1) is 8.07 Å². The second-order valence-electron chi connectivity index (χ2n) is 11.1. The molecule has 0 saturated heterocycles. The van der Waals surface area contributed by atoms with E-state index in [0.717, 1.165) is 0 Å². The molecule has 0 aliphatic carbocycles. The molecule has 0 radical (unpaired) electrons. The van der Waals surface area contributed by atoms with Crippen LogP contribution in [0.15, 0.2) is 22.3 Å². The average molecular weight is 369 g/mol. The van der Waals surface area contributed by atoms with Gasteiger partial charge in [0.1, 0.15) is 0 Å². The summed E-state index contributed by atoms with van der Waals surface area (Å²) >= 11 is 0. The molecule has 136 valence electrons. The Kier molecular flexibility index (Phi) is 8.53. The molecule has 0 aromatic carbocycles. The summed E-state index contributed by atoms with van der Waals surface area (Å²) in [6.45, 7) is 29.7. The number of hydrogen-bond donors (Lipinski definition) is 0. The smallest absolute Gasteiger partial charge is 0.0554 e. The van der Waals surface area contributed by atoms with Crippen molar-refractivity contribution in [3.05, 3.63) is 22.3 Å². The maximum Gasteiger partial charge on any atom is 0.0554 e. The number of rotatable bonds is 8. The van der Waals surface area contributed by atoms with E-state index in [-0.39, 0.29) is 0 Å². The molecule has 0 amide bonds. The van der Waals surface area contributed by atoms with E-state index >= 15 is 0 Å². The number of hydrogen-bond acceptors (Lipinski definition) is 0. The molecule has 0 atom stereocenters. The molecule has 0 nitrogen and oxygen atoms in total. The monoisotopic (exact) mass is 368 g/mol. The zero-order chi connectivity index (χ0) is 18.6. The van der Waals surface area contributed by atoms with Gasteiger partial charge in [-0.05, 0) is 51.9 Å². The molecule has 0 fully saturated rings. The molecule has 3 heteroatoms. The quantitative estimate of drug-likeness (QED) is 0.300. The summed E-state index contributed by atoms with van der Waals surface area (Å²) in [7, 11) is -3.16. The summed E-state index contributed by atoms with van der Waals surface area (Å²) in [5.74, 6) is 0. The van der Waals surface area contributed by atoms with Gasteiger partial charge in [-0.1, -0.05) is 74.7 Å². The first-order chi connectivity index (χ1) is 10.0. The van der Waals surface area contributed by atoms with E-state index in [1.165, 1.54) is 24.2 Å². The zero-order valence-corrected chi connectivity index (χ0v) is 21.3. The van der Waals surface area contributed by atoms with Gasteiger partial charge in [-0.15, -0.1) is 0 Å². The fourth-order valence-corrected chi connectivity index (χ4v) is 11.1. The maximum atomic E-state index is 2.59. The van der Waals surface area contributed by atoms with E-state index in [4.69, 9.17) is 0 Å². The molecule has 0 aliphatic rings. The van der Waals surface area contributed by atoms with Crippen LogP contribution < -0.4 is 0 Å². The Labute approximate surface area is 150 Å². The second kappa shape index (κ2) is 8.48. The third kappa shape index (κ3) is 11.3. The minimum absolute atomic E-state index is 0.982. The highest BCUT2D eigenvalue weighted by molar-refractivity contribution is 6.79. The molecular formula is C20H44Si3. The van der Waals surface area contributed by atoms with Gasteiger partial charge >= 0.3 is 0 Å². The van der Waals surface area contributed by atoms with Gasteiger partial charge in [0.25, 0.3) is 0 Å². The summed E-state index contributed by atoms with van der Waals surface area (Å²) in [4.78, 5) is 0. The molecule has 0 saturated carbocycles. The van der Waals surface area contributed by atoms with E-state index < -0.39 is 24.2 Å². The summed E-state index contributed by atoms with van der Waals surface area (Å²) in [5.41, 5.74) is 6.76. The normalized spacial score (nSPS) is 16.2. The largest absolute Gasteiger partial charge is 0.0773 e. The predicted molar refractivity (Wildman–Crippen MR) is 120 cm³/mol. The van der Waals surface area contributed by atoms with Crippen LogP contribution in [0.2, 0.25) is 76.6 Å². The maximum absolute atomic E-state index is 2.59. The van der Waals surface area contributed by atoms with E-state index in [1.807, 2.05) is 0 Å². The minimum Gasteiger partial charge on any atom is -0.0773 e. The molecule has 0 heterocycles. The number of allylic oxidation sites excluding steroid dienone is 4. The van der Waals surface area contributed by atoms with Crippen molar-refractivity contribution >= 4 is 24.2 Å². The van der Waals surface area contributed by atoms with Crippen molar-refractivity contribution in [1.29, 1.82) is 0 Å². The van der Waals surface area contributed by atoms with E-state index in [2.05, 4.69) is 80.1 Å². The molecule has 0 N–H and O–H groups in total. The van der Waals surface area contributed by atoms with Crippen molar-refractivity contribution in [2.45, 2.75) is 104 Å². The van der Waals surface area contributed by atoms with Crippen molar-refractivity contribution in [2.24, 2.45) is 0 Å². The summed E-state index contributed by atoms with van der Waals surface area (Å²) in [6.07, 6.45) is 0. The predicted octanol–water partition coefficient (Wildman–Crippen LogP) is 8.04. The van der Waals surface area contributed by atoms with Gasteiger partial charge < -0.3 is 0 Å². The van der Waals surface area contributed by atoms with Crippen LogP contribution in [0, 0.1) is 0 Å². The molecule has 23 heavy (non-hydrogen) atoms. The highest BCUT2D eigenvalue weighted by atomic mass is 28.3. The first-order valence-corrected chi connectivity index (χ1v) is 20.2. The third-order valence-electron chi connectivity index (χ3n) is 4.54. The van der Waals surface area contributed by atoms with Crippen LogP contribution >= 0.6 is 0 Å². The molecule has 0 aromatic rings. The zero-order valence-electron chi connectivity index (χ0n) is 18.3. The Morgan fingerprint density at radius 1 is 0.435 bits per heavy atom. The lowest BCUT2D eigenvalue weighted by atomic mass is 10.2. The van der Waals surface area contributed by atoms with Gasteiger partial charge in [0.2, 0.25) is 0 Å². The van der Waals surface area contributed by atoms with E-state index in [9.17, 15) is 0 Å². The summed E-state index contributed by atoms with van der Waals surface area (Å²) < 4.78 is 0. The van der Waals surface area contributed by atoms with Crippen LogP contribution in [0.5, 0.6) is 0 Å². The van der Waals surface area contributed by atoms with Gasteiger partial charge in [-0.25, -0.2) is 0 Å². The lowest BCUT2D eigenvalue weighted by molar-refractivity contribution is 1.13. The Morgan fingerprint density at radius 2 is 0.652 bits per heavy atom. The molecule has 0 unspecified atom stereocenters. The Bertz CT molecular complexity index is 412. The molecule has 0 rings (SSSR count). The van der Waals surface area contributed by atoms with E-state index in [0.29, 0.717) is 0 Å². The fourth-order valence-electron chi connectivity index (χ4n) is 3.69. The van der Waals surface area contributed by atoms with Crippen molar-refractivity contribution in [1.82, 2.24) is 0 Å². The van der Waals surface area contributed by atoms with Crippen molar-refractivity contribution < 1.29 is 0 Å². The first kappa shape index (κ1) is 23.1. The first-order valence-electron chi connectivity index (χ1n) is 9.33. The highest BCUT2D eigenvalue weighted by Gasteiger charge is 2.24. The summed E-state index contributed by atoms with van der Waals surface area (Å²) in [6, 6.07) is 5.49. The Hall–Kier alpha value is 0.131. The van der Waals surface area contributed by atoms with Gasteiger partial charge in [-0.2, -0.15) is 0 Å². The van der Waals surface area contributed by atoms with Crippen molar-refractivity contribution in [3.8, 4) is 0 Å². The van der Waals surface area contributed by atoms with Crippen molar-refractivity contribution in [3.63, 3.8) is 0 Å². The topological polar surface area (TPSA) is 0 Å². The Morgan fingerprint density at radius 3 is 0.870 bits per heavy atom. The van der Waals surface area contributed by atoms with Crippen LogP contribution in [0.25, 0.3) is 0 Å². The molecule has 0 aliphatic heterocycles. The van der Waals surface area contributed by atoms with Crippen LogP contribution in [0.3, 0.4) is 0 Å². The van der Waals surface area contributed by atoms with Crippen molar-refractivity contribution in [2.75, 3.05) is 0 Å². The van der Waals surface area contributed by atoms with E-state index in [1.54, 1.807) is 22.3 Å². The van der Waals surface area contributed by atoms with Gasteiger partial charge in [-0.3, -0.25) is 0 Å². The average Bonchev–Trinajstić information content (AvgIpc) is 2.22. The molecule has 0 bridgehead atoms. The molecule has 0 aromatic heterocycles.